The number of para-hydroxylation sites is 2. The molecule has 0 spiro atoms. The zero-order valence-corrected chi connectivity index (χ0v) is 20.5. The van der Waals surface area contributed by atoms with Crippen LogP contribution in [0, 0.1) is 12.7 Å². The highest BCUT2D eigenvalue weighted by Gasteiger charge is 2.35. The molecule has 1 aliphatic heterocycles. The van der Waals surface area contributed by atoms with E-state index in [4.69, 9.17) is 4.74 Å². The van der Waals surface area contributed by atoms with Gasteiger partial charge in [0.05, 0.1) is 17.3 Å². The molecule has 1 aromatic heterocycles. The van der Waals surface area contributed by atoms with Gasteiger partial charge in [0.25, 0.3) is 0 Å². The number of aromatic nitrogens is 3. The summed E-state index contributed by atoms with van der Waals surface area (Å²) >= 11 is 0. The van der Waals surface area contributed by atoms with E-state index >= 15 is 4.39 Å². The predicted molar refractivity (Wildman–Crippen MR) is 137 cm³/mol. The number of hydrogen-bond donors (Lipinski definition) is 1. The molecule has 0 aliphatic carbocycles. The number of nitrogens with one attached hydrogen (secondary N) is 1. The summed E-state index contributed by atoms with van der Waals surface area (Å²) in [6, 6.07) is 19.4. The number of hydrogen-bond acceptors (Lipinski definition) is 5. The van der Waals surface area contributed by atoms with Gasteiger partial charge in [-0.15, -0.1) is 5.10 Å². The zero-order valence-electron chi connectivity index (χ0n) is 20.5. The Morgan fingerprint density at radius 1 is 1.11 bits per heavy atom. The SMILES string of the molecule is Cc1ccc([C@@H](C(=O)NC[C@@H]2CCCO2)N(C(=O)Cn2nnc3ccccc32)c2ccccc2F)cc1. The van der Waals surface area contributed by atoms with E-state index in [1.807, 2.05) is 37.3 Å². The Kier molecular flexibility index (Phi) is 7.23. The number of aryl methyl sites for hydroxylation is 1. The number of carbonyl (C=O) groups is 2. The van der Waals surface area contributed by atoms with Gasteiger partial charge in [-0.1, -0.05) is 59.3 Å². The number of halogens is 1. The van der Waals surface area contributed by atoms with Crippen molar-refractivity contribution in [1.82, 2.24) is 20.3 Å². The maximum Gasteiger partial charge on any atom is 0.249 e. The quantitative estimate of drug-likeness (QED) is 0.395. The van der Waals surface area contributed by atoms with E-state index in [1.165, 1.54) is 21.7 Å². The summed E-state index contributed by atoms with van der Waals surface area (Å²) in [4.78, 5) is 28.9. The average Bonchev–Trinajstić information content (AvgIpc) is 3.58. The molecule has 2 amide bonds. The molecule has 1 N–H and O–H groups in total. The lowest BCUT2D eigenvalue weighted by atomic mass is 10.0. The third kappa shape index (κ3) is 5.36. The first-order valence-electron chi connectivity index (χ1n) is 12.3. The van der Waals surface area contributed by atoms with Crippen molar-refractivity contribution in [2.75, 3.05) is 18.1 Å². The molecule has 1 fully saturated rings. The molecule has 3 aromatic carbocycles. The van der Waals surface area contributed by atoms with Gasteiger partial charge in [-0.2, -0.15) is 0 Å². The van der Waals surface area contributed by atoms with E-state index in [2.05, 4.69) is 15.6 Å². The fraction of sp³-hybridized carbons (Fsp3) is 0.286. The second-order valence-corrected chi connectivity index (χ2v) is 9.14. The van der Waals surface area contributed by atoms with Gasteiger partial charge in [0.1, 0.15) is 23.9 Å². The second kappa shape index (κ2) is 10.9. The molecular weight excluding hydrogens is 473 g/mol. The number of carbonyl (C=O) groups excluding carboxylic acids is 2. The molecule has 4 aromatic rings. The Hall–Kier alpha value is -4.11. The molecule has 0 saturated carbocycles. The van der Waals surface area contributed by atoms with Crippen molar-refractivity contribution in [3.05, 3.63) is 89.7 Å². The highest BCUT2D eigenvalue weighted by molar-refractivity contribution is 6.01. The second-order valence-electron chi connectivity index (χ2n) is 9.14. The molecule has 8 nitrogen and oxygen atoms in total. The molecule has 0 unspecified atom stereocenters. The number of ether oxygens (including phenoxy) is 1. The highest BCUT2D eigenvalue weighted by atomic mass is 19.1. The van der Waals surface area contributed by atoms with E-state index in [9.17, 15) is 9.59 Å². The van der Waals surface area contributed by atoms with Gasteiger partial charge >= 0.3 is 0 Å². The van der Waals surface area contributed by atoms with Crippen molar-refractivity contribution in [3.63, 3.8) is 0 Å². The van der Waals surface area contributed by atoms with Crippen molar-refractivity contribution >= 4 is 28.5 Å². The van der Waals surface area contributed by atoms with Crippen LogP contribution in [0.25, 0.3) is 11.0 Å². The van der Waals surface area contributed by atoms with Gasteiger partial charge in [-0.3, -0.25) is 14.5 Å². The monoisotopic (exact) mass is 501 g/mol. The van der Waals surface area contributed by atoms with E-state index in [-0.39, 0.29) is 18.3 Å². The molecular formula is C28H28FN5O3. The summed E-state index contributed by atoms with van der Waals surface area (Å²) < 4.78 is 22.3. The molecule has 9 heteroatoms. The molecule has 0 radical (unpaired) electrons. The van der Waals surface area contributed by atoms with Crippen molar-refractivity contribution in [1.29, 1.82) is 0 Å². The van der Waals surface area contributed by atoms with Crippen molar-refractivity contribution in [2.45, 2.75) is 38.5 Å². The van der Waals surface area contributed by atoms with E-state index in [1.54, 1.807) is 30.3 Å². The van der Waals surface area contributed by atoms with Crippen LogP contribution in [0.2, 0.25) is 0 Å². The van der Waals surface area contributed by atoms with Gasteiger partial charge in [0, 0.05) is 13.2 Å². The maximum atomic E-state index is 15.2. The van der Waals surface area contributed by atoms with Crippen LogP contribution in [-0.2, 0) is 20.9 Å². The lowest BCUT2D eigenvalue weighted by Gasteiger charge is -2.32. The molecule has 190 valence electrons. The van der Waals surface area contributed by atoms with Crippen LogP contribution >= 0.6 is 0 Å². The first-order chi connectivity index (χ1) is 18.0. The Balaban J connectivity index is 1.54. The van der Waals surface area contributed by atoms with Gasteiger partial charge in [-0.25, -0.2) is 9.07 Å². The Morgan fingerprint density at radius 2 is 1.86 bits per heavy atom. The summed E-state index contributed by atoms with van der Waals surface area (Å²) in [5.41, 5.74) is 2.88. The minimum absolute atomic E-state index is 0.00904. The highest BCUT2D eigenvalue weighted by Crippen LogP contribution is 2.31. The molecule has 1 saturated heterocycles. The van der Waals surface area contributed by atoms with Crippen LogP contribution in [0.4, 0.5) is 10.1 Å². The summed E-state index contributed by atoms with van der Waals surface area (Å²) in [7, 11) is 0. The van der Waals surface area contributed by atoms with Gasteiger partial charge in [0.2, 0.25) is 11.8 Å². The number of anilines is 1. The van der Waals surface area contributed by atoms with Crippen LogP contribution in [0.1, 0.15) is 30.0 Å². The van der Waals surface area contributed by atoms with E-state index in [0.717, 1.165) is 18.4 Å². The minimum Gasteiger partial charge on any atom is -0.376 e. The fourth-order valence-electron chi connectivity index (χ4n) is 4.59. The molecule has 5 rings (SSSR count). The topological polar surface area (TPSA) is 89.4 Å². The number of benzene rings is 3. The summed E-state index contributed by atoms with van der Waals surface area (Å²) in [5, 5.41) is 11.2. The molecule has 2 atom stereocenters. The fourth-order valence-corrected chi connectivity index (χ4v) is 4.59. The number of nitrogens with zero attached hydrogens (tertiary/aromatic N) is 4. The van der Waals surface area contributed by atoms with Gasteiger partial charge in [-0.05, 0) is 49.6 Å². The van der Waals surface area contributed by atoms with Crippen molar-refractivity contribution < 1.29 is 18.7 Å². The summed E-state index contributed by atoms with van der Waals surface area (Å²) in [6.45, 7) is 2.68. The molecule has 37 heavy (non-hydrogen) atoms. The van der Waals surface area contributed by atoms with E-state index < -0.39 is 23.7 Å². The number of amides is 2. The third-order valence-corrected chi connectivity index (χ3v) is 6.51. The summed E-state index contributed by atoms with van der Waals surface area (Å²) in [5.74, 6) is -1.53. The van der Waals surface area contributed by atoms with Crippen molar-refractivity contribution in [2.24, 2.45) is 0 Å². The lowest BCUT2D eigenvalue weighted by Crippen LogP contribution is -2.47. The standard InChI is InChI=1S/C28H28FN5O3/c1-19-12-14-20(15-13-19)27(28(36)30-17-21-7-6-16-37-21)34(24-10-4-2-8-22(24)29)26(35)18-33-25-11-5-3-9-23(25)31-32-33/h2-5,8-15,21,27H,6-7,16-18H2,1H3,(H,30,36)/t21-,27-/m0/s1. The first-order valence-corrected chi connectivity index (χ1v) is 12.3. The number of rotatable bonds is 8. The zero-order chi connectivity index (χ0) is 25.8. The smallest absolute Gasteiger partial charge is 0.249 e. The Bertz CT molecular complexity index is 1400. The van der Waals surface area contributed by atoms with Crippen LogP contribution in [0.5, 0.6) is 0 Å². The molecule has 0 bridgehead atoms. The largest absolute Gasteiger partial charge is 0.376 e. The van der Waals surface area contributed by atoms with Crippen LogP contribution in [-0.4, -0.2) is 46.1 Å². The van der Waals surface area contributed by atoms with Gasteiger partial charge in [0.15, 0.2) is 0 Å². The summed E-state index contributed by atoms with van der Waals surface area (Å²) in [6.07, 6.45) is 1.71. The molecule has 1 aliphatic rings. The maximum absolute atomic E-state index is 15.2. The lowest BCUT2D eigenvalue weighted by molar-refractivity contribution is -0.127. The van der Waals surface area contributed by atoms with E-state index in [0.29, 0.717) is 29.7 Å². The van der Waals surface area contributed by atoms with Crippen LogP contribution in [0.3, 0.4) is 0 Å². The van der Waals surface area contributed by atoms with Crippen LogP contribution in [0.15, 0.2) is 72.8 Å². The third-order valence-electron chi connectivity index (χ3n) is 6.51. The van der Waals surface area contributed by atoms with Gasteiger partial charge < -0.3 is 10.1 Å². The van der Waals surface area contributed by atoms with Crippen LogP contribution < -0.4 is 10.2 Å². The normalized spacial score (nSPS) is 16.0. The molecule has 2 heterocycles. The first kappa shape index (κ1) is 24.6. The minimum atomic E-state index is -1.11. The Labute approximate surface area is 214 Å². The average molecular weight is 502 g/mol. The Morgan fingerprint density at radius 3 is 2.62 bits per heavy atom. The number of fused-ring (bicyclic) bond motifs is 1. The van der Waals surface area contributed by atoms with Crippen molar-refractivity contribution in [3.8, 4) is 0 Å². The predicted octanol–water partition coefficient (Wildman–Crippen LogP) is 3.95.